The molecular formula is C21H18N4O2. The Morgan fingerprint density at radius 3 is 2.52 bits per heavy atom. The van der Waals surface area contributed by atoms with Crippen molar-refractivity contribution in [3.05, 3.63) is 73.1 Å². The Balaban J connectivity index is 1.63. The number of nitrogens with two attached hydrogens (primary N) is 1. The molecule has 0 radical (unpaired) electrons. The van der Waals surface area contributed by atoms with Crippen LogP contribution in [0.5, 0.6) is 17.4 Å². The highest BCUT2D eigenvalue weighted by Crippen LogP contribution is 2.34. The van der Waals surface area contributed by atoms with Gasteiger partial charge in [-0.2, -0.15) is 4.98 Å². The van der Waals surface area contributed by atoms with Crippen LogP contribution >= 0.6 is 0 Å². The summed E-state index contributed by atoms with van der Waals surface area (Å²) in [5, 5.41) is 5.38. The van der Waals surface area contributed by atoms with E-state index in [4.69, 9.17) is 15.2 Å². The zero-order chi connectivity index (χ0) is 18.6. The number of hydrogen-bond acceptors (Lipinski definition) is 6. The summed E-state index contributed by atoms with van der Waals surface area (Å²) in [4.78, 5) is 8.39. The molecule has 0 amide bonds. The molecule has 0 spiro atoms. The molecule has 0 aliphatic rings. The molecule has 0 aliphatic heterocycles. The average Bonchev–Trinajstić information content (AvgIpc) is 2.71. The number of anilines is 3. The molecule has 27 heavy (non-hydrogen) atoms. The second-order valence-corrected chi connectivity index (χ2v) is 5.88. The first-order valence-electron chi connectivity index (χ1n) is 8.42. The molecule has 0 saturated carbocycles. The Labute approximate surface area is 156 Å². The van der Waals surface area contributed by atoms with Crippen molar-refractivity contribution in [2.45, 2.75) is 0 Å². The van der Waals surface area contributed by atoms with Gasteiger partial charge >= 0.3 is 0 Å². The number of benzene rings is 3. The molecule has 134 valence electrons. The molecule has 3 aromatic carbocycles. The number of rotatable bonds is 5. The molecule has 3 N–H and O–H groups in total. The van der Waals surface area contributed by atoms with Crippen molar-refractivity contribution in [3.63, 3.8) is 0 Å². The first kappa shape index (κ1) is 16.7. The number of ether oxygens (including phenoxy) is 2. The van der Waals surface area contributed by atoms with Crippen LogP contribution in [0.1, 0.15) is 0 Å². The van der Waals surface area contributed by atoms with E-state index in [1.807, 2.05) is 66.7 Å². The molecular weight excluding hydrogens is 340 g/mol. The van der Waals surface area contributed by atoms with E-state index in [-0.39, 0.29) is 5.88 Å². The summed E-state index contributed by atoms with van der Waals surface area (Å²) in [5.41, 5.74) is 7.30. The molecule has 6 nitrogen and oxygen atoms in total. The van der Waals surface area contributed by atoms with Gasteiger partial charge < -0.3 is 20.5 Å². The maximum atomic E-state index is 6.23. The van der Waals surface area contributed by atoms with Gasteiger partial charge in [-0.1, -0.05) is 42.5 Å². The lowest BCUT2D eigenvalue weighted by Gasteiger charge is -2.14. The van der Waals surface area contributed by atoms with Gasteiger partial charge in [0.15, 0.2) is 5.82 Å². The van der Waals surface area contributed by atoms with Crippen molar-refractivity contribution in [3.8, 4) is 17.4 Å². The van der Waals surface area contributed by atoms with E-state index in [0.29, 0.717) is 23.0 Å². The van der Waals surface area contributed by atoms with Gasteiger partial charge in [0, 0.05) is 0 Å². The van der Waals surface area contributed by atoms with Crippen molar-refractivity contribution in [1.82, 2.24) is 9.97 Å². The SMILES string of the molecule is COc1ccccc1Nc1ncnc(Oc2ccc3ccccc3c2)c1N. The van der Waals surface area contributed by atoms with Crippen molar-refractivity contribution < 1.29 is 9.47 Å². The first-order valence-corrected chi connectivity index (χ1v) is 8.42. The van der Waals surface area contributed by atoms with Gasteiger partial charge in [0.2, 0.25) is 5.88 Å². The Kier molecular flexibility index (Phi) is 4.45. The molecule has 1 heterocycles. The van der Waals surface area contributed by atoms with Crippen molar-refractivity contribution in [2.75, 3.05) is 18.2 Å². The smallest absolute Gasteiger partial charge is 0.248 e. The van der Waals surface area contributed by atoms with Crippen LogP contribution in [0.15, 0.2) is 73.1 Å². The van der Waals surface area contributed by atoms with E-state index >= 15 is 0 Å². The maximum absolute atomic E-state index is 6.23. The van der Waals surface area contributed by atoms with Crippen molar-refractivity contribution >= 4 is 28.0 Å². The van der Waals surface area contributed by atoms with E-state index < -0.39 is 0 Å². The average molecular weight is 358 g/mol. The van der Waals surface area contributed by atoms with Gasteiger partial charge in [0.25, 0.3) is 0 Å². The minimum atomic E-state index is 0.290. The number of fused-ring (bicyclic) bond motifs is 1. The Morgan fingerprint density at radius 2 is 1.67 bits per heavy atom. The highest BCUT2D eigenvalue weighted by molar-refractivity contribution is 5.84. The fraction of sp³-hybridized carbons (Fsp3) is 0.0476. The van der Waals surface area contributed by atoms with Gasteiger partial charge in [-0.3, -0.25) is 0 Å². The summed E-state index contributed by atoms with van der Waals surface area (Å²) in [5.74, 6) is 2.08. The molecule has 1 aromatic heterocycles. The topological polar surface area (TPSA) is 82.3 Å². The molecule has 0 saturated heterocycles. The van der Waals surface area contributed by atoms with Crippen LogP contribution in [-0.2, 0) is 0 Å². The van der Waals surface area contributed by atoms with Crippen LogP contribution in [0, 0.1) is 0 Å². The molecule has 4 aromatic rings. The number of nitrogens with zero attached hydrogens (tertiary/aromatic N) is 2. The minimum absolute atomic E-state index is 0.290. The third-order valence-electron chi connectivity index (χ3n) is 4.14. The normalized spacial score (nSPS) is 10.6. The van der Waals surface area contributed by atoms with Crippen LogP contribution in [0.25, 0.3) is 10.8 Å². The van der Waals surface area contributed by atoms with Gasteiger partial charge in [0.1, 0.15) is 23.5 Å². The number of nitrogens with one attached hydrogen (secondary N) is 1. The van der Waals surface area contributed by atoms with E-state index in [1.54, 1.807) is 7.11 Å². The van der Waals surface area contributed by atoms with E-state index in [1.165, 1.54) is 6.33 Å². The third kappa shape index (κ3) is 3.46. The number of para-hydroxylation sites is 2. The summed E-state index contributed by atoms with van der Waals surface area (Å²) in [6, 6.07) is 21.4. The van der Waals surface area contributed by atoms with Crippen LogP contribution in [0.3, 0.4) is 0 Å². The second-order valence-electron chi connectivity index (χ2n) is 5.88. The quantitative estimate of drug-likeness (QED) is 0.535. The number of aromatic nitrogens is 2. The van der Waals surface area contributed by atoms with E-state index in [2.05, 4.69) is 15.3 Å². The van der Waals surface area contributed by atoms with Crippen LogP contribution in [0.2, 0.25) is 0 Å². The van der Waals surface area contributed by atoms with Crippen LogP contribution in [-0.4, -0.2) is 17.1 Å². The third-order valence-corrected chi connectivity index (χ3v) is 4.14. The predicted octanol–water partition coefficient (Wildman–Crippen LogP) is 4.76. The minimum Gasteiger partial charge on any atom is -0.495 e. The summed E-state index contributed by atoms with van der Waals surface area (Å²) in [6.07, 6.45) is 1.41. The Bertz CT molecular complexity index is 1100. The number of methoxy groups -OCH3 is 1. The van der Waals surface area contributed by atoms with Crippen LogP contribution in [0.4, 0.5) is 17.2 Å². The van der Waals surface area contributed by atoms with Crippen molar-refractivity contribution in [2.24, 2.45) is 0 Å². The lowest BCUT2D eigenvalue weighted by Crippen LogP contribution is -2.04. The number of hydrogen-bond donors (Lipinski definition) is 2. The molecule has 0 aliphatic carbocycles. The Morgan fingerprint density at radius 1 is 0.889 bits per heavy atom. The standard InChI is InChI=1S/C21H18N4O2/c1-26-18-9-5-4-8-17(18)25-20-19(22)21(24-13-23-20)27-16-11-10-14-6-2-3-7-15(14)12-16/h2-13H,22H2,1H3,(H,23,24,25). The zero-order valence-electron chi connectivity index (χ0n) is 14.7. The Hall–Kier alpha value is -3.80. The summed E-state index contributed by atoms with van der Waals surface area (Å²) < 4.78 is 11.3. The zero-order valence-corrected chi connectivity index (χ0v) is 14.7. The highest BCUT2D eigenvalue weighted by atomic mass is 16.5. The molecule has 0 unspecified atom stereocenters. The highest BCUT2D eigenvalue weighted by Gasteiger charge is 2.12. The maximum Gasteiger partial charge on any atom is 0.248 e. The van der Waals surface area contributed by atoms with Gasteiger partial charge in [-0.05, 0) is 35.0 Å². The van der Waals surface area contributed by atoms with Gasteiger partial charge in [-0.25, -0.2) is 4.98 Å². The first-order chi connectivity index (χ1) is 13.2. The lowest BCUT2D eigenvalue weighted by molar-refractivity contribution is 0.417. The monoisotopic (exact) mass is 358 g/mol. The van der Waals surface area contributed by atoms with Gasteiger partial charge in [-0.15, -0.1) is 0 Å². The fourth-order valence-electron chi connectivity index (χ4n) is 2.78. The number of nitrogen functional groups attached to an aromatic ring is 1. The lowest BCUT2D eigenvalue weighted by atomic mass is 10.1. The van der Waals surface area contributed by atoms with Crippen LogP contribution < -0.4 is 20.5 Å². The molecule has 6 heteroatoms. The molecule has 0 atom stereocenters. The summed E-state index contributed by atoms with van der Waals surface area (Å²) in [7, 11) is 1.61. The molecule has 4 rings (SSSR count). The van der Waals surface area contributed by atoms with E-state index in [0.717, 1.165) is 16.5 Å². The second kappa shape index (κ2) is 7.21. The summed E-state index contributed by atoms with van der Waals surface area (Å²) in [6.45, 7) is 0. The molecule has 0 bridgehead atoms. The predicted molar refractivity (Wildman–Crippen MR) is 107 cm³/mol. The van der Waals surface area contributed by atoms with Crippen molar-refractivity contribution in [1.29, 1.82) is 0 Å². The molecule has 0 fully saturated rings. The van der Waals surface area contributed by atoms with Gasteiger partial charge in [0.05, 0.1) is 12.8 Å². The summed E-state index contributed by atoms with van der Waals surface area (Å²) >= 11 is 0. The van der Waals surface area contributed by atoms with E-state index in [9.17, 15) is 0 Å². The fourth-order valence-corrected chi connectivity index (χ4v) is 2.78. The largest absolute Gasteiger partial charge is 0.495 e.